The van der Waals surface area contributed by atoms with Crippen molar-refractivity contribution in [3.8, 4) is 5.75 Å². The number of para-hydroxylation sites is 1. The summed E-state index contributed by atoms with van der Waals surface area (Å²) in [5.74, 6) is 0.798. The molecule has 0 fully saturated rings. The van der Waals surface area contributed by atoms with Gasteiger partial charge in [-0.2, -0.15) is 0 Å². The van der Waals surface area contributed by atoms with Crippen molar-refractivity contribution in [1.82, 2.24) is 0 Å². The van der Waals surface area contributed by atoms with E-state index in [4.69, 9.17) is 4.74 Å². The summed E-state index contributed by atoms with van der Waals surface area (Å²) in [7, 11) is 0. The minimum atomic E-state index is -0.314. The molecule has 0 amide bonds. The molecule has 0 spiro atoms. The van der Waals surface area contributed by atoms with Crippen molar-refractivity contribution >= 4 is 12.4 Å². The lowest BCUT2D eigenvalue weighted by Gasteiger charge is -2.21. The predicted molar refractivity (Wildman–Crippen MR) is 64.2 cm³/mol. The maximum absolute atomic E-state index is 10.9. The molecule has 1 heterocycles. The third kappa shape index (κ3) is 1.96. The molecule has 0 bridgehead atoms. The maximum Gasteiger partial charge on any atom is 0.150 e. The normalized spacial score (nSPS) is 18.5. The fraction of sp³-hybridized carbons (Fsp3) is 0.0714. The molecule has 1 aliphatic rings. The van der Waals surface area contributed by atoms with Crippen LogP contribution in [0.5, 0.6) is 5.75 Å². The highest BCUT2D eigenvalue weighted by Crippen LogP contribution is 2.27. The summed E-state index contributed by atoms with van der Waals surface area (Å²) in [6.45, 7) is 3.57. The summed E-state index contributed by atoms with van der Waals surface area (Å²) in [5.41, 5.74) is 1.60. The summed E-state index contributed by atoms with van der Waals surface area (Å²) in [5, 5.41) is 0. The molecule has 1 aromatic rings. The standard InChI is InChI=1S/C14H12O2/c1-2-5-12(10-15)14-9-8-11-6-3-4-7-13(11)16-14/h2-10,14H,1H2/b12-5-. The molecule has 2 rings (SSSR count). The van der Waals surface area contributed by atoms with E-state index >= 15 is 0 Å². The lowest BCUT2D eigenvalue weighted by molar-refractivity contribution is -0.105. The Labute approximate surface area is 94.6 Å². The molecule has 1 unspecified atom stereocenters. The van der Waals surface area contributed by atoms with Gasteiger partial charge in [0.1, 0.15) is 18.1 Å². The lowest BCUT2D eigenvalue weighted by atomic mass is 10.0. The zero-order valence-electron chi connectivity index (χ0n) is 8.80. The smallest absolute Gasteiger partial charge is 0.150 e. The molecule has 0 saturated heterocycles. The van der Waals surface area contributed by atoms with Gasteiger partial charge in [-0.1, -0.05) is 43.0 Å². The second-order valence-corrected chi connectivity index (χ2v) is 3.46. The minimum Gasteiger partial charge on any atom is -0.481 e. The van der Waals surface area contributed by atoms with Crippen LogP contribution in [0.1, 0.15) is 5.56 Å². The van der Waals surface area contributed by atoms with E-state index in [-0.39, 0.29) is 6.10 Å². The Morgan fingerprint density at radius 2 is 2.19 bits per heavy atom. The van der Waals surface area contributed by atoms with Gasteiger partial charge in [-0.15, -0.1) is 0 Å². The van der Waals surface area contributed by atoms with E-state index in [1.165, 1.54) is 0 Å². The quantitative estimate of drug-likeness (QED) is 0.437. The maximum atomic E-state index is 10.9. The van der Waals surface area contributed by atoms with E-state index < -0.39 is 0 Å². The van der Waals surface area contributed by atoms with Crippen molar-refractivity contribution in [3.63, 3.8) is 0 Å². The third-order valence-electron chi connectivity index (χ3n) is 2.40. The van der Waals surface area contributed by atoms with Gasteiger partial charge in [0.15, 0.2) is 0 Å². The number of aldehydes is 1. The number of benzene rings is 1. The van der Waals surface area contributed by atoms with Crippen molar-refractivity contribution < 1.29 is 9.53 Å². The number of rotatable bonds is 3. The second kappa shape index (κ2) is 4.62. The van der Waals surface area contributed by atoms with Crippen LogP contribution in [-0.2, 0) is 4.79 Å². The largest absolute Gasteiger partial charge is 0.481 e. The summed E-state index contributed by atoms with van der Waals surface area (Å²) >= 11 is 0. The zero-order chi connectivity index (χ0) is 11.4. The SMILES string of the molecule is C=C/C=C(/C=O)C1C=Cc2ccccc2O1. The molecule has 1 aliphatic heterocycles. The molecular weight excluding hydrogens is 200 g/mol. The highest BCUT2D eigenvalue weighted by atomic mass is 16.5. The molecule has 16 heavy (non-hydrogen) atoms. The van der Waals surface area contributed by atoms with Crippen molar-refractivity contribution in [3.05, 3.63) is 60.2 Å². The molecule has 2 heteroatoms. The highest BCUT2D eigenvalue weighted by molar-refractivity contribution is 5.77. The number of hydrogen-bond acceptors (Lipinski definition) is 2. The fourth-order valence-corrected chi connectivity index (χ4v) is 1.61. The van der Waals surface area contributed by atoms with Crippen molar-refractivity contribution in [2.45, 2.75) is 6.10 Å². The summed E-state index contributed by atoms with van der Waals surface area (Å²) in [4.78, 5) is 10.9. The number of allylic oxidation sites excluding steroid dienone is 2. The average Bonchev–Trinajstić information content (AvgIpc) is 2.35. The van der Waals surface area contributed by atoms with Crippen LogP contribution >= 0.6 is 0 Å². The Bertz CT molecular complexity index is 469. The monoisotopic (exact) mass is 212 g/mol. The van der Waals surface area contributed by atoms with E-state index in [0.717, 1.165) is 17.6 Å². The molecule has 80 valence electrons. The molecule has 0 radical (unpaired) electrons. The first-order valence-corrected chi connectivity index (χ1v) is 5.07. The molecule has 0 aliphatic carbocycles. The van der Waals surface area contributed by atoms with Crippen molar-refractivity contribution in [2.24, 2.45) is 0 Å². The van der Waals surface area contributed by atoms with Gasteiger partial charge in [0.05, 0.1) is 0 Å². The average molecular weight is 212 g/mol. The molecule has 0 saturated carbocycles. The number of hydrogen-bond donors (Lipinski definition) is 0. The second-order valence-electron chi connectivity index (χ2n) is 3.46. The Morgan fingerprint density at radius 1 is 1.38 bits per heavy atom. The van der Waals surface area contributed by atoms with Crippen molar-refractivity contribution in [1.29, 1.82) is 0 Å². The number of fused-ring (bicyclic) bond motifs is 1. The van der Waals surface area contributed by atoms with Gasteiger partial charge in [0, 0.05) is 11.1 Å². The van der Waals surface area contributed by atoms with Crippen LogP contribution in [0.2, 0.25) is 0 Å². The third-order valence-corrected chi connectivity index (χ3v) is 2.40. The Morgan fingerprint density at radius 3 is 2.94 bits per heavy atom. The zero-order valence-corrected chi connectivity index (χ0v) is 8.80. The fourth-order valence-electron chi connectivity index (χ4n) is 1.61. The first-order chi connectivity index (χ1) is 7.85. The number of carbonyl (C=O) groups is 1. The summed E-state index contributed by atoms with van der Waals surface area (Å²) in [6, 6.07) is 7.72. The van der Waals surface area contributed by atoms with Gasteiger partial charge in [-0.25, -0.2) is 0 Å². The van der Waals surface area contributed by atoms with E-state index in [0.29, 0.717) is 5.57 Å². The van der Waals surface area contributed by atoms with Gasteiger partial charge in [-0.05, 0) is 12.1 Å². The minimum absolute atomic E-state index is 0.314. The first-order valence-electron chi connectivity index (χ1n) is 5.07. The van der Waals surface area contributed by atoms with Crippen LogP contribution in [0.15, 0.2) is 54.6 Å². The van der Waals surface area contributed by atoms with Crippen LogP contribution in [-0.4, -0.2) is 12.4 Å². The number of ether oxygens (including phenoxy) is 1. The van der Waals surface area contributed by atoms with Gasteiger partial charge in [-0.3, -0.25) is 4.79 Å². The molecule has 0 aromatic heterocycles. The van der Waals surface area contributed by atoms with E-state index in [9.17, 15) is 4.79 Å². The number of carbonyl (C=O) groups excluding carboxylic acids is 1. The van der Waals surface area contributed by atoms with Crippen LogP contribution in [0.3, 0.4) is 0 Å². The summed E-state index contributed by atoms with van der Waals surface area (Å²) in [6.07, 6.45) is 7.56. The van der Waals surface area contributed by atoms with E-state index in [2.05, 4.69) is 6.58 Å². The predicted octanol–water partition coefficient (Wildman–Crippen LogP) is 2.77. The van der Waals surface area contributed by atoms with Gasteiger partial charge in [0.25, 0.3) is 0 Å². The lowest BCUT2D eigenvalue weighted by Crippen LogP contribution is -2.20. The highest BCUT2D eigenvalue weighted by Gasteiger charge is 2.17. The van der Waals surface area contributed by atoms with Crippen LogP contribution in [0.25, 0.3) is 6.08 Å². The van der Waals surface area contributed by atoms with Crippen molar-refractivity contribution in [2.75, 3.05) is 0 Å². The molecule has 0 N–H and O–H groups in total. The van der Waals surface area contributed by atoms with Crippen LogP contribution in [0.4, 0.5) is 0 Å². The first kappa shape index (κ1) is 10.4. The molecule has 2 nitrogen and oxygen atoms in total. The van der Waals surface area contributed by atoms with Crippen LogP contribution < -0.4 is 4.74 Å². The Kier molecular flexibility index (Phi) is 3.01. The Balaban J connectivity index is 2.29. The Hall–Kier alpha value is -2.09. The molecular formula is C14H12O2. The summed E-state index contributed by atoms with van der Waals surface area (Å²) < 4.78 is 5.70. The molecule has 1 aromatic carbocycles. The van der Waals surface area contributed by atoms with Gasteiger partial charge < -0.3 is 4.74 Å². The van der Waals surface area contributed by atoms with E-state index in [1.54, 1.807) is 12.2 Å². The van der Waals surface area contributed by atoms with Gasteiger partial charge in [0.2, 0.25) is 0 Å². The topological polar surface area (TPSA) is 26.3 Å². The van der Waals surface area contributed by atoms with E-state index in [1.807, 2.05) is 36.4 Å². The van der Waals surface area contributed by atoms with Gasteiger partial charge >= 0.3 is 0 Å². The van der Waals surface area contributed by atoms with Crippen LogP contribution in [0, 0.1) is 0 Å². The molecule has 1 atom stereocenters.